The fourth-order valence-corrected chi connectivity index (χ4v) is 1.36. The Labute approximate surface area is 102 Å². The van der Waals surface area contributed by atoms with Crippen molar-refractivity contribution >= 4 is 5.69 Å². The molecule has 1 heterocycles. The van der Waals surface area contributed by atoms with Crippen LogP contribution in [0.4, 0.5) is 5.69 Å². The summed E-state index contributed by atoms with van der Waals surface area (Å²) in [5, 5.41) is 3.16. The van der Waals surface area contributed by atoms with E-state index in [0.29, 0.717) is 11.4 Å². The molecule has 5 nitrogen and oxygen atoms in total. The maximum atomic E-state index is 5.60. The van der Waals surface area contributed by atoms with Gasteiger partial charge < -0.3 is 25.3 Å². The minimum atomic E-state index is 0.590. The lowest BCUT2D eigenvalue weighted by molar-refractivity contribution is 0.109. The number of methoxy groups -OCH3 is 2. The van der Waals surface area contributed by atoms with Gasteiger partial charge in [-0.1, -0.05) is 0 Å². The summed E-state index contributed by atoms with van der Waals surface area (Å²) >= 11 is 0. The first-order valence-electron chi connectivity index (χ1n) is 5.54. The van der Waals surface area contributed by atoms with Gasteiger partial charge in [-0.3, -0.25) is 0 Å². The van der Waals surface area contributed by atoms with E-state index < -0.39 is 0 Å². The van der Waals surface area contributed by atoms with E-state index in [1.165, 1.54) is 0 Å². The molecule has 3 N–H and O–H groups in total. The van der Waals surface area contributed by atoms with Crippen LogP contribution in [0.3, 0.4) is 0 Å². The van der Waals surface area contributed by atoms with Crippen LogP contribution in [0.5, 0.6) is 11.5 Å². The van der Waals surface area contributed by atoms with Crippen LogP contribution in [0, 0.1) is 0 Å². The SMILES string of the molecule is C1COCCN1.COc1ccc(OC)c(N)c1. The lowest BCUT2D eigenvalue weighted by Gasteiger charge is -2.10. The van der Waals surface area contributed by atoms with E-state index in [2.05, 4.69) is 5.32 Å². The zero-order valence-electron chi connectivity index (χ0n) is 10.4. The quantitative estimate of drug-likeness (QED) is 0.752. The van der Waals surface area contributed by atoms with Gasteiger partial charge in [0.1, 0.15) is 11.5 Å². The molecular formula is C12H20N2O3. The molecule has 0 saturated carbocycles. The smallest absolute Gasteiger partial charge is 0.142 e. The Bertz CT molecular complexity index is 316. The number of benzene rings is 1. The summed E-state index contributed by atoms with van der Waals surface area (Å²) < 4.78 is 14.9. The van der Waals surface area contributed by atoms with Gasteiger partial charge >= 0.3 is 0 Å². The summed E-state index contributed by atoms with van der Waals surface area (Å²) in [7, 11) is 3.18. The number of nitrogens with one attached hydrogen (secondary N) is 1. The van der Waals surface area contributed by atoms with Gasteiger partial charge in [0.15, 0.2) is 0 Å². The van der Waals surface area contributed by atoms with Crippen LogP contribution < -0.4 is 20.5 Å². The molecule has 2 rings (SSSR count). The normalized spacial score (nSPS) is 14.5. The van der Waals surface area contributed by atoms with E-state index in [4.69, 9.17) is 19.9 Å². The van der Waals surface area contributed by atoms with Gasteiger partial charge in [0.25, 0.3) is 0 Å². The zero-order chi connectivity index (χ0) is 12.5. The fraction of sp³-hybridized carbons (Fsp3) is 0.500. The lowest BCUT2D eigenvalue weighted by Crippen LogP contribution is -2.30. The third kappa shape index (κ3) is 4.93. The first-order chi connectivity index (χ1) is 8.27. The molecule has 1 saturated heterocycles. The van der Waals surface area contributed by atoms with E-state index in [-0.39, 0.29) is 0 Å². The molecule has 1 aliphatic rings. The van der Waals surface area contributed by atoms with Crippen molar-refractivity contribution in [3.05, 3.63) is 18.2 Å². The second-order valence-corrected chi connectivity index (χ2v) is 3.47. The number of anilines is 1. The highest BCUT2D eigenvalue weighted by atomic mass is 16.5. The maximum absolute atomic E-state index is 5.60. The molecule has 1 aromatic carbocycles. The minimum Gasteiger partial charge on any atom is -0.497 e. The highest BCUT2D eigenvalue weighted by Crippen LogP contribution is 2.25. The lowest BCUT2D eigenvalue weighted by atomic mass is 10.3. The van der Waals surface area contributed by atoms with Crippen molar-refractivity contribution in [3.63, 3.8) is 0 Å². The van der Waals surface area contributed by atoms with E-state index in [0.717, 1.165) is 32.1 Å². The molecular weight excluding hydrogens is 220 g/mol. The average Bonchev–Trinajstić information content (AvgIpc) is 2.41. The van der Waals surface area contributed by atoms with Crippen LogP contribution in [0.1, 0.15) is 0 Å². The highest BCUT2D eigenvalue weighted by molar-refractivity contribution is 5.55. The molecule has 1 aromatic rings. The Morgan fingerprint density at radius 1 is 1.18 bits per heavy atom. The minimum absolute atomic E-state index is 0.590. The number of nitrogens with two attached hydrogens (primary N) is 1. The molecule has 0 aromatic heterocycles. The summed E-state index contributed by atoms with van der Waals surface area (Å²) in [5.41, 5.74) is 6.19. The van der Waals surface area contributed by atoms with Crippen molar-refractivity contribution in [1.82, 2.24) is 5.32 Å². The fourth-order valence-electron chi connectivity index (χ4n) is 1.36. The first-order valence-corrected chi connectivity index (χ1v) is 5.54. The maximum Gasteiger partial charge on any atom is 0.142 e. The largest absolute Gasteiger partial charge is 0.497 e. The predicted molar refractivity (Wildman–Crippen MR) is 67.6 cm³/mol. The van der Waals surface area contributed by atoms with Crippen LogP contribution in [-0.4, -0.2) is 40.5 Å². The van der Waals surface area contributed by atoms with Gasteiger partial charge in [0.2, 0.25) is 0 Å². The monoisotopic (exact) mass is 240 g/mol. The molecule has 0 amide bonds. The Morgan fingerprint density at radius 2 is 1.88 bits per heavy atom. The summed E-state index contributed by atoms with van der Waals surface area (Å²) in [4.78, 5) is 0. The molecule has 0 bridgehead atoms. The Morgan fingerprint density at radius 3 is 2.24 bits per heavy atom. The van der Waals surface area contributed by atoms with Gasteiger partial charge in [0, 0.05) is 19.2 Å². The van der Waals surface area contributed by atoms with Gasteiger partial charge in [-0.25, -0.2) is 0 Å². The van der Waals surface area contributed by atoms with Crippen LogP contribution in [0.15, 0.2) is 18.2 Å². The predicted octanol–water partition coefficient (Wildman–Crippen LogP) is 0.892. The van der Waals surface area contributed by atoms with Gasteiger partial charge in [-0.05, 0) is 12.1 Å². The molecule has 0 radical (unpaired) electrons. The Balaban J connectivity index is 0.000000202. The van der Waals surface area contributed by atoms with Crippen LogP contribution in [0.2, 0.25) is 0 Å². The van der Waals surface area contributed by atoms with E-state index in [9.17, 15) is 0 Å². The third-order valence-corrected chi connectivity index (χ3v) is 2.28. The van der Waals surface area contributed by atoms with E-state index in [1.54, 1.807) is 32.4 Å². The number of ether oxygens (including phenoxy) is 3. The molecule has 0 aliphatic carbocycles. The number of morpholine rings is 1. The Hall–Kier alpha value is -1.46. The number of nitrogen functional groups attached to an aromatic ring is 1. The Kier molecular flexibility index (Phi) is 6.21. The second-order valence-electron chi connectivity index (χ2n) is 3.47. The van der Waals surface area contributed by atoms with Crippen molar-refractivity contribution < 1.29 is 14.2 Å². The summed E-state index contributed by atoms with van der Waals surface area (Å²) in [6.45, 7) is 3.83. The molecule has 1 aliphatic heterocycles. The molecule has 0 unspecified atom stereocenters. The average molecular weight is 240 g/mol. The third-order valence-electron chi connectivity index (χ3n) is 2.28. The van der Waals surface area contributed by atoms with Crippen LogP contribution >= 0.6 is 0 Å². The summed E-state index contributed by atoms with van der Waals surface area (Å²) in [6, 6.07) is 5.29. The molecule has 17 heavy (non-hydrogen) atoms. The van der Waals surface area contributed by atoms with Crippen LogP contribution in [0.25, 0.3) is 0 Å². The van der Waals surface area contributed by atoms with E-state index in [1.807, 2.05) is 0 Å². The van der Waals surface area contributed by atoms with Crippen molar-refractivity contribution in [2.24, 2.45) is 0 Å². The number of hydrogen-bond donors (Lipinski definition) is 2. The summed E-state index contributed by atoms with van der Waals surface area (Å²) in [5.74, 6) is 1.41. The standard InChI is InChI=1S/C8H11NO2.C4H9NO/c1-10-6-3-4-8(11-2)7(9)5-6;1-3-6-4-2-5-1/h3-5H,9H2,1-2H3;5H,1-4H2. The van der Waals surface area contributed by atoms with Crippen molar-refractivity contribution in [1.29, 1.82) is 0 Å². The molecule has 0 atom stereocenters. The van der Waals surface area contributed by atoms with E-state index >= 15 is 0 Å². The highest BCUT2D eigenvalue weighted by Gasteiger charge is 1.98. The number of rotatable bonds is 2. The number of hydrogen-bond acceptors (Lipinski definition) is 5. The van der Waals surface area contributed by atoms with Crippen LogP contribution in [-0.2, 0) is 4.74 Å². The second kappa shape index (κ2) is 7.76. The van der Waals surface area contributed by atoms with Crippen molar-refractivity contribution in [2.45, 2.75) is 0 Å². The van der Waals surface area contributed by atoms with Gasteiger partial charge in [-0.2, -0.15) is 0 Å². The summed E-state index contributed by atoms with van der Waals surface area (Å²) in [6.07, 6.45) is 0. The topological polar surface area (TPSA) is 65.7 Å². The molecule has 96 valence electrons. The van der Waals surface area contributed by atoms with Gasteiger partial charge in [-0.15, -0.1) is 0 Å². The molecule has 0 spiro atoms. The molecule has 5 heteroatoms. The van der Waals surface area contributed by atoms with Crippen molar-refractivity contribution in [3.8, 4) is 11.5 Å². The first kappa shape index (κ1) is 13.6. The van der Waals surface area contributed by atoms with Crippen molar-refractivity contribution in [2.75, 3.05) is 46.3 Å². The zero-order valence-corrected chi connectivity index (χ0v) is 10.4. The van der Waals surface area contributed by atoms with Gasteiger partial charge in [0.05, 0.1) is 33.1 Å². The molecule has 1 fully saturated rings.